The van der Waals surface area contributed by atoms with Gasteiger partial charge in [-0.1, -0.05) is 45.8 Å². The van der Waals surface area contributed by atoms with Crippen LogP contribution in [-0.4, -0.2) is 20.5 Å². The summed E-state index contributed by atoms with van der Waals surface area (Å²) in [6, 6.07) is 0. The van der Waals surface area contributed by atoms with E-state index < -0.39 is 9.75 Å². The van der Waals surface area contributed by atoms with E-state index in [4.69, 9.17) is 46.4 Å². The average molecular weight is 355 g/mol. The number of hydrogen-bond donors (Lipinski definition) is 0. The molecule has 0 bridgehead atoms. The molecule has 5 heteroatoms. The molecule has 0 aromatic rings. The molecule has 0 spiro atoms. The Morgan fingerprint density at radius 1 is 1.27 bits per heavy atom. The van der Waals surface area contributed by atoms with Gasteiger partial charge in [0, 0.05) is 10.9 Å². The lowest BCUT2D eigenvalue weighted by Gasteiger charge is -2.22. The number of hydrogen-bond acceptors (Lipinski definition) is 0. The SMILES string of the molecule is CC(Cl)(C=CC(Cl)C(C)(Cl)C=CCl)CBr. The largest absolute Gasteiger partial charge is 0.116 e. The maximum absolute atomic E-state index is 6.15. The highest BCUT2D eigenvalue weighted by molar-refractivity contribution is 9.09. The van der Waals surface area contributed by atoms with Crippen LogP contribution in [0, 0.1) is 0 Å². The van der Waals surface area contributed by atoms with Crippen LogP contribution < -0.4 is 0 Å². The van der Waals surface area contributed by atoms with E-state index in [0.717, 1.165) is 0 Å². The van der Waals surface area contributed by atoms with Crippen molar-refractivity contribution in [3.8, 4) is 0 Å². The minimum absolute atomic E-state index is 0.369. The number of halogens is 5. The molecule has 0 aliphatic carbocycles. The van der Waals surface area contributed by atoms with Gasteiger partial charge in [0.15, 0.2) is 0 Å². The van der Waals surface area contributed by atoms with Gasteiger partial charge in [-0.2, -0.15) is 0 Å². The zero-order chi connectivity index (χ0) is 12.1. The molecular weight excluding hydrogens is 342 g/mol. The first-order chi connectivity index (χ1) is 6.75. The second kappa shape index (κ2) is 6.76. The second-order valence-corrected chi connectivity index (χ2v) is 6.58. The Morgan fingerprint density at radius 2 is 1.80 bits per heavy atom. The van der Waals surface area contributed by atoms with Gasteiger partial charge in [0.2, 0.25) is 0 Å². The molecule has 3 atom stereocenters. The average Bonchev–Trinajstić information content (AvgIpc) is 2.14. The fourth-order valence-corrected chi connectivity index (χ4v) is 1.60. The summed E-state index contributed by atoms with van der Waals surface area (Å²) in [5.74, 6) is 0. The summed E-state index contributed by atoms with van der Waals surface area (Å²) < 4.78 is 0. The van der Waals surface area contributed by atoms with E-state index in [-0.39, 0.29) is 5.38 Å². The Kier molecular flexibility index (Phi) is 7.26. The minimum Gasteiger partial charge on any atom is -0.116 e. The Morgan fingerprint density at radius 3 is 2.20 bits per heavy atom. The zero-order valence-electron chi connectivity index (χ0n) is 8.48. The third-order valence-electron chi connectivity index (χ3n) is 1.80. The topological polar surface area (TPSA) is 0 Å². The maximum atomic E-state index is 6.15. The van der Waals surface area contributed by atoms with Crippen LogP contribution in [0.2, 0.25) is 0 Å². The van der Waals surface area contributed by atoms with Crippen LogP contribution >= 0.6 is 62.3 Å². The van der Waals surface area contributed by atoms with E-state index in [1.165, 1.54) is 5.54 Å². The molecule has 15 heavy (non-hydrogen) atoms. The normalized spacial score (nSPS) is 22.9. The van der Waals surface area contributed by atoms with Crippen molar-refractivity contribution in [3.05, 3.63) is 23.8 Å². The van der Waals surface area contributed by atoms with Gasteiger partial charge in [0.25, 0.3) is 0 Å². The van der Waals surface area contributed by atoms with Gasteiger partial charge < -0.3 is 0 Å². The molecule has 0 saturated heterocycles. The smallest absolute Gasteiger partial charge is 0.0807 e. The van der Waals surface area contributed by atoms with Crippen molar-refractivity contribution in [2.24, 2.45) is 0 Å². The van der Waals surface area contributed by atoms with E-state index in [1.54, 1.807) is 19.1 Å². The summed E-state index contributed by atoms with van der Waals surface area (Å²) in [4.78, 5) is -1.16. The standard InChI is InChI=1S/C10H13BrCl4/c1-9(14,7-11)4-3-8(13)10(2,15)5-6-12/h3-6,8H,7H2,1-2H3. The van der Waals surface area contributed by atoms with E-state index >= 15 is 0 Å². The van der Waals surface area contributed by atoms with Crippen LogP contribution in [0.4, 0.5) is 0 Å². The summed E-state index contributed by atoms with van der Waals surface area (Å²) in [6.45, 7) is 3.67. The van der Waals surface area contributed by atoms with Crippen LogP contribution in [0.5, 0.6) is 0 Å². The molecule has 0 aromatic heterocycles. The second-order valence-electron chi connectivity index (χ2n) is 3.62. The highest BCUT2D eigenvalue weighted by Gasteiger charge is 2.26. The van der Waals surface area contributed by atoms with Crippen molar-refractivity contribution >= 4 is 62.3 Å². The predicted molar refractivity (Wildman–Crippen MR) is 76.1 cm³/mol. The van der Waals surface area contributed by atoms with Crippen molar-refractivity contribution < 1.29 is 0 Å². The Bertz CT molecular complexity index is 246. The van der Waals surface area contributed by atoms with Gasteiger partial charge in [0.1, 0.15) is 0 Å². The Labute approximate surface area is 120 Å². The van der Waals surface area contributed by atoms with Gasteiger partial charge in [0.05, 0.1) is 15.1 Å². The molecule has 0 N–H and O–H groups in total. The molecule has 0 aliphatic rings. The summed E-state index contributed by atoms with van der Waals surface area (Å²) in [7, 11) is 0. The van der Waals surface area contributed by atoms with Gasteiger partial charge >= 0.3 is 0 Å². The van der Waals surface area contributed by atoms with Crippen LogP contribution in [-0.2, 0) is 0 Å². The Balaban J connectivity index is 4.55. The quantitative estimate of drug-likeness (QED) is 0.464. The molecule has 0 nitrogen and oxygen atoms in total. The third-order valence-corrected chi connectivity index (χ3v) is 4.75. The molecule has 0 amide bonds. The molecule has 0 saturated carbocycles. The highest BCUT2D eigenvalue weighted by atomic mass is 79.9. The van der Waals surface area contributed by atoms with Gasteiger partial charge in [-0.3, -0.25) is 0 Å². The zero-order valence-corrected chi connectivity index (χ0v) is 13.1. The molecule has 0 heterocycles. The molecule has 0 aliphatic heterocycles. The van der Waals surface area contributed by atoms with Crippen molar-refractivity contribution in [2.45, 2.75) is 29.0 Å². The molecule has 88 valence electrons. The van der Waals surface area contributed by atoms with Crippen LogP contribution in [0.1, 0.15) is 13.8 Å². The first-order valence-electron chi connectivity index (χ1n) is 4.30. The van der Waals surface area contributed by atoms with Crippen molar-refractivity contribution in [2.75, 3.05) is 5.33 Å². The van der Waals surface area contributed by atoms with Gasteiger partial charge in [-0.25, -0.2) is 0 Å². The lowest BCUT2D eigenvalue weighted by atomic mass is 10.0. The third kappa shape index (κ3) is 6.43. The minimum atomic E-state index is -0.709. The van der Waals surface area contributed by atoms with E-state index in [9.17, 15) is 0 Å². The summed E-state index contributed by atoms with van der Waals surface area (Å²) in [6.07, 6.45) is 5.24. The van der Waals surface area contributed by atoms with Gasteiger partial charge in [-0.05, 0) is 13.8 Å². The summed E-state index contributed by atoms with van der Waals surface area (Å²) in [5.41, 5.74) is 1.36. The fraction of sp³-hybridized carbons (Fsp3) is 0.600. The number of alkyl halides is 4. The predicted octanol–water partition coefficient (Wildman–Crippen LogP) is 5.29. The van der Waals surface area contributed by atoms with Crippen molar-refractivity contribution in [3.63, 3.8) is 0 Å². The molecule has 0 radical (unpaired) electrons. The van der Waals surface area contributed by atoms with E-state index in [1.807, 2.05) is 13.0 Å². The number of rotatable bonds is 5. The Hall–Kier alpha value is 1.12. The van der Waals surface area contributed by atoms with Crippen molar-refractivity contribution in [1.82, 2.24) is 0 Å². The van der Waals surface area contributed by atoms with Crippen molar-refractivity contribution in [1.29, 1.82) is 0 Å². The van der Waals surface area contributed by atoms with Gasteiger partial charge in [-0.15, -0.1) is 34.8 Å². The van der Waals surface area contributed by atoms with Crippen LogP contribution in [0.3, 0.4) is 0 Å². The molecule has 3 unspecified atom stereocenters. The highest BCUT2D eigenvalue weighted by Crippen LogP contribution is 2.29. The number of allylic oxidation sites excluding steroid dienone is 3. The first kappa shape index (κ1) is 16.1. The molecule has 0 aromatic carbocycles. The molecule has 0 fully saturated rings. The van der Waals surface area contributed by atoms with E-state index in [2.05, 4.69) is 15.9 Å². The van der Waals surface area contributed by atoms with E-state index in [0.29, 0.717) is 5.33 Å². The summed E-state index contributed by atoms with van der Waals surface area (Å²) in [5, 5.41) is 0.276. The first-order valence-corrected chi connectivity index (χ1v) is 7.05. The molecular formula is C10H13BrCl4. The summed E-state index contributed by atoms with van der Waals surface area (Å²) >= 11 is 27.1. The molecule has 0 rings (SSSR count). The van der Waals surface area contributed by atoms with Crippen LogP contribution in [0.25, 0.3) is 0 Å². The monoisotopic (exact) mass is 352 g/mol. The van der Waals surface area contributed by atoms with Crippen LogP contribution in [0.15, 0.2) is 23.8 Å². The fourth-order valence-electron chi connectivity index (χ4n) is 0.733. The maximum Gasteiger partial charge on any atom is 0.0807 e. The lowest BCUT2D eigenvalue weighted by molar-refractivity contribution is 0.790. The lowest BCUT2D eigenvalue weighted by Crippen LogP contribution is -2.26.